The van der Waals surface area contributed by atoms with Crippen LogP contribution in [-0.2, 0) is 6.42 Å². The van der Waals surface area contributed by atoms with Gasteiger partial charge in [-0.15, -0.1) is 0 Å². The third-order valence-electron chi connectivity index (χ3n) is 3.47. The highest BCUT2D eigenvalue weighted by Gasteiger charge is 2.15. The molecule has 1 aliphatic rings. The summed E-state index contributed by atoms with van der Waals surface area (Å²) in [7, 11) is 0. The van der Waals surface area contributed by atoms with Crippen LogP contribution in [0.5, 0.6) is 0 Å². The molecular weight excluding hydrogens is 198 g/mol. The number of piperidine rings is 1. The minimum absolute atomic E-state index is 0.773. The molecule has 16 heavy (non-hydrogen) atoms. The monoisotopic (exact) mass is 215 g/mol. The van der Waals surface area contributed by atoms with Gasteiger partial charge in [-0.3, -0.25) is 0 Å². The predicted octanol–water partition coefficient (Wildman–Crippen LogP) is 2.97. The van der Waals surface area contributed by atoms with E-state index in [1.807, 2.05) is 18.4 Å². The molecule has 3 rings (SSSR count). The molecule has 1 N–H and O–H groups in total. The van der Waals surface area contributed by atoms with Crippen LogP contribution in [-0.4, -0.2) is 13.1 Å². The zero-order valence-corrected chi connectivity index (χ0v) is 9.41. The van der Waals surface area contributed by atoms with Gasteiger partial charge in [0, 0.05) is 5.39 Å². The van der Waals surface area contributed by atoms with Crippen molar-refractivity contribution >= 4 is 11.0 Å². The Bertz CT molecular complexity index is 468. The molecule has 0 saturated carbocycles. The van der Waals surface area contributed by atoms with E-state index in [-0.39, 0.29) is 0 Å². The molecule has 2 heteroatoms. The number of hydrogen-bond donors (Lipinski definition) is 1. The van der Waals surface area contributed by atoms with Crippen molar-refractivity contribution in [3.8, 4) is 0 Å². The molecule has 0 aliphatic carbocycles. The minimum Gasteiger partial charge on any atom is -0.464 e. The minimum atomic E-state index is 0.773. The standard InChI is InChI=1S/C14H17NO/c1-2-6-14-13(5-1)12(10-16-14)8-11-4-3-7-15-9-11/h1-2,5-6,10-11,15H,3-4,7-9H2. The summed E-state index contributed by atoms with van der Waals surface area (Å²) in [6.45, 7) is 2.34. The second kappa shape index (κ2) is 4.30. The van der Waals surface area contributed by atoms with E-state index in [0.717, 1.165) is 24.5 Å². The second-order valence-corrected chi connectivity index (χ2v) is 4.67. The summed E-state index contributed by atoms with van der Waals surface area (Å²) in [5.41, 5.74) is 2.38. The summed E-state index contributed by atoms with van der Waals surface area (Å²) in [4.78, 5) is 0. The van der Waals surface area contributed by atoms with Crippen LogP contribution in [0.3, 0.4) is 0 Å². The average molecular weight is 215 g/mol. The second-order valence-electron chi connectivity index (χ2n) is 4.67. The SMILES string of the molecule is c1ccc2c(CC3CCCNC3)coc2c1. The van der Waals surface area contributed by atoms with E-state index >= 15 is 0 Å². The number of para-hydroxylation sites is 1. The normalized spacial score (nSPS) is 21.4. The van der Waals surface area contributed by atoms with Gasteiger partial charge in [0.2, 0.25) is 0 Å². The first-order valence-electron chi connectivity index (χ1n) is 6.09. The number of hydrogen-bond acceptors (Lipinski definition) is 2. The van der Waals surface area contributed by atoms with Crippen molar-refractivity contribution in [1.82, 2.24) is 5.32 Å². The van der Waals surface area contributed by atoms with E-state index in [4.69, 9.17) is 4.42 Å². The maximum atomic E-state index is 5.57. The molecule has 1 saturated heterocycles. The molecule has 2 aromatic rings. The summed E-state index contributed by atoms with van der Waals surface area (Å²) in [5, 5.41) is 4.75. The largest absolute Gasteiger partial charge is 0.464 e. The van der Waals surface area contributed by atoms with E-state index in [1.54, 1.807) is 0 Å². The van der Waals surface area contributed by atoms with Crippen LogP contribution in [0, 0.1) is 5.92 Å². The van der Waals surface area contributed by atoms with Crippen molar-refractivity contribution in [3.05, 3.63) is 36.1 Å². The fraction of sp³-hybridized carbons (Fsp3) is 0.429. The van der Waals surface area contributed by atoms with Gasteiger partial charge in [0.25, 0.3) is 0 Å². The van der Waals surface area contributed by atoms with Gasteiger partial charge in [0.1, 0.15) is 5.58 Å². The summed E-state index contributed by atoms with van der Waals surface area (Å²) >= 11 is 0. The Balaban J connectivity index is 1.83. The molecule has 84 valence electrons. The zero-order chi connectivity index (χ0) is 10.8. The fourth-order valence-electron chi connectivity index (χ4n) is 2.60. The quantitative estimate of drug-likeness (QED) is 0.833. The first kappa shape index (κ1) is 9.91. The van der Waals surface area contributed by atoms with Crippen LogP contribution in [0.2, 0.25) is 0 Å². The van der Waals surface area contributed by atoms with Crippen LogP contribution in [0.25, 0.3) is 11.0 Å². The van der Waals surface area contributed by atoms with Crippen LogP contribution in [0.1, 0.15) is 18.4 Å². The van der Waals surface area contributed by atoms with Crippen molar-refractivity contribution in [1.29, 1.82) is 0 Å². The van der Waals surface area contributed by atoms with Gasteiger partial charge in [0.15, 0.2) is 0 Å². The van der Waals surface area contributed by atoms with E-state index in [1.165, 1.54) is 30.3 Å². The molecule has 0 bridgehead atoms. The van der Waals surface area contributed by atoms with E-state index in [2.05, 4.69) is 17.4 Å². The number of benzene rings is 1. The van der Waals surface area contributed by atoms with Crippen LogP contribution in [0.4, 0.5) is 0 Å². The van der Waals surface area contributed by atoms with Crippen molar-refractivity contribution in [2.45, 2.75) is 19.3 Å². The molecule has 0 amide bonds. The molecule has 2 nitrogen and oxygen atoms in total. The Hall–Kier alpha value is -1.28. The third kappa shape index (κ3) is 1.85. The Morgan fingerprint density at radius 1 is 1.31 bits per heavy atom. The van der Waals surface area contributed by atoms with Gasteiger partial charge < -0.3 is 9.73 Å². The lowest BCUT2D eigenvalue weighted by Gasteiger charge is -2.22. The van der Waals surface area contributed by atoms with Crippen molar-refractivity contribution in [2.24, 2.45) is 5.92 Å². The van der Waals surface area contributed by atoms with Crippen molar-refractivity contribution in [3.63, 3.8) is 0 Å². The molecule has 0 spiro atoms. The van der Waals surface area contributed by atoms with E-state index in [0.29, 0.717) is 0 Å². The summed E-state index contributed by atoms with van der Waals surface area (Å²) in [6.07, 6.45) is 5.72. The topological polar surface area (TPSA) is 25.2 Å². The average Bonchev–Trinajstić information content (AvgIpc) is 2.74. The van der Waals surface area contributed by atoms with Gasteiger partial charge in [0.05, 0.1) is 6.26 Å². The Morgan fingerprint density at radius 2 is 2.25 bits per heavy atom. The lowest BCUT2D eigenvalue weighted by atomic mass is 9.92. The molecule has 1 aromatic heterocycles. The molecule has 1 aromatic carbocycles. The Kier molecular flexibility index (Phi) is 2.66. The van der Waals surface area contributed by atoms with Crippen LogP contribution in [0.15, 0.2) is 34.9 Å². The van der Waals surface area contributed by atoms with Crippen molar-refractivity contribution in [2.75, 3.05) is 13.1 Å². The zero-order valence-electron chi connectivity index (χ0n) is 9.41. The molecule has 1 atom stereocenters. The number of furan rings is 1. The van der Waals surface area contributed by atoms with Gasteiger partial charge in [-0.1, -0.05) is 18.2 Å². The van der Waals surface area contributed by atoms with Gasteiger partial charge >= 0.3 is 0 Å². The highest BCUT2D eigenvalue weighted by molar-refractivity contribution is 5.80. The molecule has 1 fully saturated rings. The number of nitrogens with one attached hydrogen (secondary N) is 1. The lowest BCUT2D eigenvalue weighted by molar-refractivity contribution is 0.375. The first-order chi connectivity index (χ1) is 7.93. The van der Waals surface area contributed by atoms with Crippen LogP contribution >= 0.6 is 0 Å². The molecule has 0 radical (unpaired) electrons. The van der Waals surface area contributed by atoms with Gasteiger partial charge in [-0.05, 0) is 49.9 Å². The summed E-state index contributed by atoms with van der Waals surface area (Å²) in [6, 6.07) is 8.31. The van der Waals surface area contributed by atoms with Crippen LogP contribution < -0.4 is 5.32 Å². The smallest absolute Gasteiger partial charge is 0.134 e. The van der Waals surface area contributed by atoms with Gasteiger partial charge in [-0.2, -0.15) is 0 Å². The predicted molar refractivity (Wildman–Crippen MR) is 65.5 cm³/mol. The molecule has 1 unspecified atom stereocenters. The number of fused-ring (bicyclic) bond motifs is 1. The number of rotatable bonds is 2. The Morgan fingerprint density at radius 3 is 3.12 bits per heavy atom. The lowest BCUT2D eigenvalue weighted by Crippen LogP contribution is -2.30. The molecule has 1 aliphatic heterocycles. The third-order valence-corrected chi connectivity index (χ3v) is 3.47. The van der Waals surface area contributed by atoms with Gasteiger partial charge in [-0.25, -0.2) is 0 Å². The first-order valence-corrected chi connectivity index (χ1v) is 6.09. The maximum Gasteiger partial charge on any atom is 0.134 e. The Labute approximate surface area is 95.6 Å². The van der Waals surface area contributed by atoms with E-state index < -0.39 is 0 Å². The maximum absolute atomic E-state index is 5.57. The molecular formula is C14H17NO. The summed E-state index contributed by atoms with van der Waals surface area (Å²) in [5.74, 6) is 0.773. The van der Waals surface area contributed by atoms with E-state index in [9.17, 15) is 0 Å². The van der Waals surface area contributed by atoms with Crippen molar-refractivity contribution < 1.29 is 4.42 Å². The highest BCUT2D eigenvalue weighted by atomic mass is 16.3. The highest BCUT2D eigenvalue weighted by Crippen LogP contribution is 2.25. The molecule has 2 heterocycles. The fourth-order valence-corrected chi connectivity index (χ4v) is 2.60. The summed E-state index contributed by atoms with van der Waals surface area (Å²) < 4.78 is 5.57.